The lowest BCUT2D eigenvalue weighted by Gasteiger charge is -2.10. The Hall–Kier alpha value is -1.23. The Bertz CT molecular complexity index is 536. The monoisotopic (exact) mass is 288 g/mol. The molecule has 0 aliphatic rings. The molecular weight excluding hydrogens is 282 g/mol. The van der Waals surface area contributed by atoms with E-state index in [0.29, 0.717) is 32.4 Å². The summed E-state index contributed by atoms with van der Waals surface area (Å²) in [5.41, 5.74) is 6.06. The quantitative estimate of drug-likeness (QED) is 0.883. The molecular formula is C10H7Cl3N4. The summed E-state index contributed by atoms with van der Waals surface area (Å²) in [4.78, 5) is 7.77. The minimum atomic E-state index is 0.351. The van der Waals surface area contributed by atoms with Crippen molar-refractivity contribution in [3.05, 3.63) is 39.6 Å². The number of halogens is 3. The summed E-state index contributed by atoms with van der Waals surface area (Å²) in [7, 11) is 0. The van der Waals surface area contributed by atoms with Gasteiger partial charge in [0.25, 0.3) is 0 Å². The van der Waals surface area contributed by atoms with E-state index < -0.39 is 0 Å². The second-order valence-electron chi connectivity index (χ2n) is 3.20. The zero-order chi connectivity index (χ0) is 12.4. The van der Waals surface area contributed by atoms with Gasteiger partial charge in [0, 0.05) is 11.1 Å². The van der Waals surface area contributed by atoms with Crippen LogP contribution in [-0.4, -0.2) is 9.97 Å². The van der Waals surface area contributed by atoms with Crippen LogP contribution >= 0.6 is 34.8 Å². The van der Waals surface area contributed by atoms with Crippen LogP contribution in [0.3, 0.4) is 0 Å². The van der Waals surface area contributed by atoms with Crippen LogP contribution in [0.4, 0.5) is 17.3 Å². The van der Waals surface area contributed by atoms with Crippen molar-refractivity contribution >= 4 is 52.1 Å². The number of hydrogen-bond donors (Lipinski definition) is 2. The number of hydrogen-bond acceptors (Lipinski definition) is 4. The first kappa shape index (κ1) is 12.2. The average Bonchev–Trinajstić information content (AvgIpc) is 2.23. The van der Waals surface area contributed by atoms with Crippen LogP contribution in [0.15, 0.2) is 24.5 Å². The molecule has 2 rings (SSSR count). The number of nitrogens with two attached hydrogens (primary N) is 1. The van der Waals surface area contributed by atoms with Gasteiger partial charge in [0.1, 0.15) is 18.0 Å². The van der Waals surface area contributed by atoms with Crippen LogP contribution in [0, 0.1) is 0 Å². The van der Waals surface area contributed by atoms with Crippen molar-refractivity contribution in [2.24, 2.45) is 0 Å². The molecule has 0 aliphatic carbocycles. The van der Waals surface area contributed by atoms with E-state index >= 15 is 0 Å². The second kappa shape index (κ2) is 4.96. The van der Waals surface area contributed by atoms with Crippen molar-refractivity contribution in [1.29, 1.82) is 0 Å². The fraction of sp³-hybridized carbons (Fsp3) is 0. The molecule has 1 aromatic heterocycles. The molecule has 1 heterocycles. The lowest BCUT2D eigenvalue weighted by atomic mass is 10.3. The molecule has 1 aromatic carbocycles. The highest BCUT2D eigenvalue weighted by atomic mass is 35.5. The van der Waals surface area contributed by atoms with Gasteiger partial charge in [0.2, 0.25) is 0 Å². The van der Waals surface area contributed by atoms with E-state index in [4.69, 9.17) is 40.5 Å². The zero-order valence-corrected chi connectivity index (χ0v) is 10.7. The Morgan fingerprint density at radius 1 is 1.00 bits per heavy atom. The van der Waals surface area contributed by atoms with Crippen LogP contribution in [0.25, 0.3) is 0 Å². The van der Waals surface area contributed by atoms with Crippen LogP contribution in [0.2, 0.25) is 15.1 Å². The maximum absolute atomic E-state index is 6.02. The number of aromatic nitrogens is 2. The number of nitrogens with one attached hydrogen (secondary N) is 1. The largest absolute Gasteiger partial charge is 0.384 e. The summed E-state index contributed by atoms with van der Waals surface area (Å²) >= 11 is 17.8. The third-order valence-electron chi connectivity index (χ3n) is 1.95. The van der Waals surface area contributed by atoms with Gasteiger partial charge in [0.15, 0.2) is 0 Å². The van der Waals surface area contributed by atoms with E-state index in [2.05, 4.69) is 15.3 Å². The van der Waals surface area contributed by atoms with Crippen LogP contribution in [0.1, 0.15) is 0 Å². The first-order chi connectivity index (χ1) is 8.06. The molecule has 0 radical (unpaired) electrons. The maximum atomic E-state index is 6.02. The molecule has 4 nitrogen and oxygen atoms in total. The normalized spacial score (nSPS) is 10.3. The minimum Gasteiger partial charge on any atom is -0.384 e. The van der Waals surface area contributed by atoms with Crippen molar-refractivity contribution in [3.63, 3.8) is 0 Å². The van der Waals surface area contributed by atoms with Gasteiger partial charge in [-0.25, -0.2) is 9.97 Å². The van der Waals surface area contributed by atoms with E-state index in [0.717, 1.165) is 0 Å². The number of nitrogen functional groups attached to an aromatic ring is 1. The molecule has 2 aromatic rings. The van der Waals surface area contributed by atoms with Crippen molar-refractivity contribution in [1.82, 2.24) is 9.97 Å². The van der Waals surface area contributed by atoms with Gasteiger partial charge < -0.3 is 11.1 Å². The third-order valence-corrected chi connectivity index (χ3v) is 2.76. The minimum absolute atomic E-state index is 0.351. The van der Waals surface area contributed by atoms with Gasteiger partial charge in [-0.15, -0.1) is 0 Å². The summed E-state index contributed by atoms with van der Waals surface area (Å²) in [6.07, 6.45) is 1.34. The number of anilines is 3. The van der Waals surface area contributed by atoms with Crippen molar-refractivity contribution in [3.8, 4) is 0 Å². The van der Waals surface area contributed by atoms with Gasteiger partial charge in [-0.05, 0) is 12.1 Å². The van der Waals surface area contributed by atoms with Crippen LogP contribution in [0.5, 0.6) is 0 Å². The molecule has 0 fully saturated rings. The molecule has 0 spiro atoms. The van der Waals surface area contributed by atoms with E-state index in [1.54, 1.807) is 18.2 Å². The van der Waals surface area contributed by atoms with Gasteiger partial charge in [-0.1, -0.05) is 34.8 Å². The molecule has 0 atom stereocenters. The van der Waals surface area contributed by atoms with E-state index in [1.807, 2.05) is 0 Å². The molecule has 0 aliphatic heterocycles. The summed E-state index contributed by atoms with van der Waals surface area (Å²) in [5, 5.41) is 4.23. The Morgan fingerprint density at radius 3 is 2.24 bits per heavy atom. The lowest BCUT2D eigenvalue weighted by Crippen LogP contribution is -1.98. The lowest BCUT2D eigenvalue weighted by molar-refractivity contribution is 1.18. The number of nitrogens with zero attached hydrogens (tertiary/aromatic N) is 2. The molecule has 0 unspecified atom stereocenters. The smallest absolute Gasteiger partial charge is 0.135 e. The van der Waals surface area contributed by atoms with E-state index in [9.17, 15) is 0 Å². The van der Waals surface area contributed by atoms with E-state index in [-0.39, 0.29) is 0 Å². The van der Waals surface area contributed by atoms with E-state index in [1.165, 1.54) is 6.33 Å². The zero-order valence-electron chi connectivity index (χ0n) is 8.42. The Balaban J connectivity index is 2.36. The molecule has 0 saturated heterocycles. The highest BCUT2D eigenvalue weighted by Gasteiger charge is 2.08. The van der Waals surface area contributed by atoms with Crippen molar-refractivity contribution < 1.29 is 0 Å². The first-order valence-electron chi connectivity index (χ1n) is 4.55. The Kier molecular flexibility index (Phi) is 3.57. The third kappa shape index (κ3) is 2.91. The first-order valence-corrected chi connectivity index (χ1v) is 5.69. The average molecular weight is 290 g/mol. The fourth-order valence-electron chi connectivity index (χ4n) is 1.23. The van der Waals surface area contributed by atoms with Gasteiger partial charge in [-0.2, -0.15) is 0 Å². The summed E-state index contributed by atoms with van der Waals surface area (Å²) in [6.45, 7) is 0. The molecule has 88 valence electrons. The summed E-state index contributed by atoms with van der Waals surface area (Å²) in [6, 6.07) is 4.74. The Morgan fingerprint density at radius 2 is 1.65 bits per heavy atom. The highest BCUT2D eigenvalue weighted by Crippen LogP contribution is 2.35. The predicted molar refractivity (Wildman–Crippen MR) is 71.2 cm³/mol. The molecule has 0 bridgehead atoms. The van der Waals surface area contributed by atoms with Crippen molar-refractivity contribution in [2.45, 2.75) is 0 Å². The molecule has 0 saturated carbocycles. The van der Waals surface area contributed by atoms with Gasteiger partial charge in [0.05, 0.1) is 15.7 Å². The maximum Gasteiger partial charge on any atom is 0.135 e. The predicted octanol–water partition coefficient (Wildman–Crippen LogP) is 3.76. The van der Waals surface area contributed by atoms with Crippen LogP contribution in [-0.2, 0) is 0 Å². The molecule has 7 heteroatoms. The van der Waals surface area contributed by atoms with Crippen LogP contribution < -0.4 is 11.1 Å². The van der Waals surface area contributed by atoms with Gasteiger partial charge >= 0.3 is 0 Å². The highest BCUT2D eigenvalue weighted by molar-refractivity contribution is 6.41. The topological polar surface area (TPSA) is 63.8 Å². The fourth-order valence-corrected chi connectivity index (χ4v) is 2.14. The molecule has 17 heavy (non-hydrogen) atoms. The second-order valence-corrected chi connectivity index (χ2v) is 4.45. The summed E-state index contributed by atoms with van der Waals surface area (Å²) in [5.74, 6) is 0.854. The summed E-state index contributed by atoms with van der Waals surface area (Å²) < 4.78 is 0. The number of rotatable bonds is 2. The number of benzene rings is 1. The van der Waals surface area contributed by atoms with Gasteiger partial charge in [-0.3, -0.25) is 0 Å². The molecule has 3 N–H and O–H groups in total. The Labute approximate surface area is 113 Å². The standard InChI is InChI=1S/C10H7Cl3N4/c11-5-1-6(12)10(7(13)2-5)17-9-3-8(14)15-4-16-9/h1-4H,(H3,14,15,16,17). The molecule has 0 amide bonds. The van der Waals surface area contributed by atoms with Crippen molar-refractivity contribution in [2.75, 3.05) is 11.1 Å². The SMILES string of the molecule is Nc1cc(Nc2c(Cl)cc(Cl)cc2Cl)ncn1.